The fourth-order valence-electron chi connectivity index (χ4n) is 4.24. The summed E-state index contributed by atoms with van der Waals surface area (Å²) in [7, 11) is 0. The van der Waals surface area contributed by atoms with Gasteiger partial charge in [-0.25, -0.2) is 0 Å². The highest BCUT2D eigenvalue weighted by Crippen LogP contribution is 2.25. The number of carbonyl (C=O) groups is 1. The summed E-state index contributed by atoms with van der Waals surface area (Å²) in [5, 5.41) is 10.2. The Bertz CT molecular complexity index is 873. The fraction of sp³-hybridized carbons (Fsp3) is 0.435. The maximum absolute atomic E-state index is 12.8. The van der Waals surface area contributed by atoms with E-state index in [1.165, 1.54) is 11.3 Å². The standard InChI is InChI=1S/C23H29ClN4O2/c1-18-2-3-19(24)16-22(18)27-10-8-25(9-11-27)17-23(30)28-14-12-26(13-15-28)20-4-6-21(29)7-5-20/h2-7,16,29H,8-15,17H2,1H3. The van der Waals surface area contributed by atoms with Crippen molar-refractivity contribution in [2.24, 2.45) is 0 Å². The Morgan fingerprint density at radius 1 is 0.900 bits per heavy atom. The molecule has 4 rings (SSSR count). The lowest BCUT2D eigenvalue weighted by molar-refractivity contribution is -0.132. The lowest BCUT2D eigenvalue weighted by atomic mass is 10.1. The quantitative estimate of drug-likeness (QED) is 0.811. The Hall–Kier alpha value is -2.44. The minimum Gasteiger partial charge on any atom is -0.508 e. The van der Waals surface area contributed by atoms with Gasteiger partial charge in [0.05, 0.1) is 6.54 Å². The molecule has 0 unspecified atom stereocenters. The van der Waals surface area contributed by atoms with Gasteiger partial charge in [-0.1, -0.05) is 17.7 Å². The second-order valence-electron chi connectivity index (χ2n) is 8.08. The molecule has 0 atom stereocenters. The largest absolute Gasteiger partial charge is 0.508 e. The lowest BCUT2D eigenvalue weighted by Crippen LogP contribution is -2.54. The molecule has 160 valence electrons. The topological polar surface area (TPSA) is 50.3 Å². The van der Waals surface area contributed by atoms with Crippen molar-refractivity contribution in [2.45, 2.75) is 6.92 Å². The molecular weight excluding hydrogens is 400 g/mol. The van der Waals surface area contributed by atoms with E-state index in [4.69, 9.17) is 11.6 Å². The van der Waals surface area contributed by atoms with Crippen molar-refractivity contribution in [3.05, 3.63) is 53.1 Å². The summed E-state index contributed by atoms with van der Waals surface area (Å²) in [6, 6.07) is 13.3. The van der Waals surface area contributed by atoms with Gasteiger partial charge in [0.25, 0.3) is 0 Å². The van der Waals surface area contributed by atoms with Crippen LogP contribution in [0.1, 0.15) is 5.56 Å². The van der Waals surface area contributed by atoms with E-state index in [2.05, 4.69) is 27.7 Å². The van der Waals surface area contributed by atoms with Gasteiger partial charge in [-0.2, -0.15) is 0 Å². The molecule has 2 heterocycles. The maximum atomic E-state index is 12.8. The van der Waals surface area contributed by atoms with Crippen molar-refractivity contribution < 1.29 is 9.90 Å². The molecule has 1 N–H and O–H groups in total. The predicted octanol–water partition coefficient (Wildman–Crippen LogP) is 2.82. The van der Waals surface area contributed by atoms with E-state index in [-0.39, 0.29) is 11.7 Å². The first-order valence-corrected chi connectivity index (χ1v) is 10.9. The normalized spacial score (nSPS) is 18.0. The minimum absolute atomic E-state index is 0.216. The third kappa shape index (κ3) is 4.82. The minimum atomic E-state index is 0.216. The van der Waals surface area contributed by atoms with Gasteiger partial charge >= 0.3 is 0 Å². The van der Waals surface area contributed by atoms with Crippen molar-refractivity contribution in [3.8, 4) is 5.75 Å². The van der Waals surface area contributed by atoms with E-state index in [1.54, 1.807) is 12.1 Å². The summed E-state index contributed by atoms with van der Waals surface area (Å²) >= 11 is 6.17. The van der Waals surface area contributed by atoms with Crippen molar-refractivity contribution >= 4 is 28.9 Å². The van der Waals surface area contributed by atoms with Gasteiger partial charge in [0, 0.05) is 68.8 Å². The molecule has 0 radical (unpaired) electrons. The van der Waals surface area contributed by atoms with Crippen LogP contribution in [-0.2, 0) is 4.79 Å². The molecule has 30 heavy (non-hydrogen) atoms. The number of carbonyl (C=O) groups excluding carboxylic acids is 1. The average molecular weight is 429 g/mol. The molecule has 2 aromatic rings. The van der Waals surface area contributed by atoms with Crippen molar-refractivity contribution in [1.82, 2.24) is 9.80 Å². The molecule has 2 aliphatic rings. The Morgan fingerprint density at radius 2 is 1.53 bits per heavy atom. The first-order chi connectivity index (χ1) is 14.5. The van der Waals surface area contributed by atoms with Gasteiger partial charge in [-0.05, 0) is 48.9 Å². The van der Waals surface area contributed by atoms with Crippen LogP contribution in [0.5, 0.6) is 5.75 Å². The Labute approximate surface area is 183 Å². The van der Waals surface area contributed by atoms with E-state index in [0.29, 0.717) is 6.54 Å². The van der Waals surface area contributed by atoms with E-state index in [1.807, 2.05) is 29.2 Å². The molecule has 2 saturated heterocycles. The lowest BCUT2D eigenvalue weighted by Gasteiger charge is -2.39. The summed E-state index contributed by atoms with van der Waals surface area (Å²) in [6.07, 6.45) is 0. The van der Waals surface area contributed by atoms with Gasteiger partial charge < -0.3 is 19.8 Å². The van der Waals surface area contributed by atoms with E-state index in [9.17, 15) is 9.90 Å². The van der Waals surface area contributed by atoms with Gasteiger partial charge in [-0.15, -0.1) is 0 Å². The van der Waals surface area contributed by atoms with Gasteiger partial charge in [0.2, 0.25) is 5.91 Å². The molecule has 0 aromatic heterocycles. The summed E-state index contributed by atoms with van der Waals surface area (Å²) in [5.41, 5.74) is 3.52. The maximum Gasteiger partial charge on any atom is 0.236 e. The Morgan fingerprint density at radius 3 is 2.20 bits per heavy atom. The van der Waals surface area contributed by atoms with Crippen LogP contribution >= 0.6 is 11.6 Å². The molecule has 7 heteroatoms. The predicted molar refractivity (Wildman–Crippen MR) is 122 cm³/mol. The zero-order valence-electron chi connectivity index (χ0n) is 17.4. The molecule has 2 fully saturated rings. The number of benzene rings is 2. The number of nitrogens with zero attached hydrogens (tertiary/aromatic N) is 4. The summed E-state index contributed by atoms with van der Waals surface area (Å²) in [4.78, 5) is 21.7. The fourth-order valence-corrected chi connectivity index (χ4v) is 4.41. The highest BCUT2D eigenvalue weighted by atomic mass is 35.5. The van der Waals surface area contributed by atoms with E-state index in [0.717, 1.165) is 63.1 Å². The van der Waals surface area contributed by atoms with Crippen LogP contribution in [-0.4, -0.2) is 79.7 Å². The third-order valence-electron chi connectivity index (χ3n) is 6.09. The van der Waals surface area contributed by atoms with Crippen LogP contribution < -0.4 is 9.80 Å². The van der Waals surface area contributed by atoms with Crippen LogP contribution in [0.4, 0.5) is 11.4 Å². The number of halogens is 1. The SMILES string of the molecule is Cc1ccc(Cl)cc1N1CCN(CC(=O)N2CCN(c3ccc(O)cc3)CC2)CC1. The molecule has 0 saturated carbocycles. The van der Waals surface area contributed by atoms with Crippen LogP contribution in [0.15, 0.2) is 42.5 Å². The average Bonchev–Trinajstić information content (AvgIpc) is 2.77. The van der Waals surface area contributed by atoms with Crippen LogP contribution in [0.2, 0.25) is 5.02 Å². The number of phenols is 1. The number of rotatable bonds is 4. The van der Waals surface area contributed by atoms with Crippen LogP contribution in [0, 0.1) is 6.92 Å². The first kappa shape index (κ1) is 20.8. The summed E-state index contributed by atoms with van der Waals surface area (Å²) in [5.74, 6) is 0.492. The third-order valence-corrected chi connectivity index (χ3v) is 6.33. The number of aryl methyl sites for hydroxylation is 1. The molecule has 0 spiro atoms. The molecule has 0 aliphatic carbocycles. The monoisotopic (exact) mass is 428 g/mol. The van der Waals surface area contributed by atoms with Crippen molar-refractivity contribution in [3.63, 3.8) is 0 Å². The smallest absolute Gasteiger partial charge is 0.236 e. The Balaban J connectivity index is 1.24. The second-order valence-corrected chi connectivity index (χ2v) is 8.51. The number of amides is 1. The van der Waals surface area contributed by atoms with Crippen molar-refractivity contribution in [2.75, 3.05) is 68.7 Å². The molecule has 6 nitrogen and oxygen atoms in total. The molecule has 0 bridgehead atoms. The second kappa shape index (κ2) is 9.14. The molecular formula is C23H29ClN4O2. The Kier molecular flexibility index (Phi) is 6.35. The first-order valence-electron chi connectivity index (χ1n) is 10.5. The van der Waals surface area contributed by atoms with Crippen molar-refractivity contribution in [1.29, 1.82) is 0 Å². The zero-order valence-corrected chi connectivity index (χ0v) is 18.2. The summed E-state index contributed by atoms with van der Waals surface area (Å²) in [6.45, 7) is 9.28. The number of hydrogen-bond acceptors (Lipinski definition) is 5. The van der Waals surface area contributed by atoms with Crippen LogP contribution in [0.25, 0.3) is 0 Å². The molecule has 2 aromatic carbocycles. The van der Waals surface area contributed by atoms with Gasteiger partial charge in [0.1, 0.15) is 5.75 Å². The number of hydrogen-bond donors (Lipinski definition) is 1. The number of anilines is 2. The van der Waals surface area contributed by atoms with E-state index >= 15 is 0 Å². The van der Waals surface area contributed by atoms with Gasteiger partial charge in [0.15, 0.2) is 0 Å². The van der Waals surface area contributed by atoms with Gasteiger partial charge in [-0.3, -0.25) is 9.69 Å². The summed E-state index contributed by atoms with van der Waals surface area (Å²) < 4.78 is 0. The highest BCUT2D eigenvalue weighted by molar-refractivity contribution is 6.30. The highest BCUT2D eigenvalue weighted by Gasteiger charge is 2.25. The van der Waals surface area contributed by atoms with E-state index < -0.39 is 0 Å². The molecule has 1 amide bonds. The van der Waals surface area contributed by atoms with Crippen LogP contribution in [0.3, 0.4) is 0 Å². The number of phenolic OH excluding ortho intramolecular Hbond substituents is 1. The number of piperazine rings is 2. The number of aromatic hydroxyl groups is 1. The zero-order chi connectivity index (χ0) is 21.1. The molecule has 2 aliphatic heterocycles.